The Kier molecular flexibility index (Phi) is 8.63. The van der Waals surface area contributed by atoms with Crippen LogP contribution < -0.4 is 17.0 Å². The molecule has 50 valence electrons. The zero-order valence-electron chi connectivity index (χ0n) is 5.70. The van der Waals surface area contributed by atoms with Crippen molar-refractivity contribution in [1.29, 1.82) is 0 Å². The van der Waals surface area contributed by atoms with Crippen LogP contribution in [0.3, 0.4) is 0 Å². The van der Waals surface area contributed by atoms with E-state index in [2.05, 4.69) is 6.07 Å². The number of hydrogen-bond acceptors (Lipinski definition) is 0. The minimum absolute atomic E-state index is 0. The van der Waals surface area contributed by atoms with Gasteiger partial charge in [0, 0.05) is 0 Å². The van der Waals surface area contributed by atoms with E-state index in [0.29, 0.717) is 5.02 Å². The first-order valence-corrected chi connectivity index (χ1v) is 2.80. The molecule has 0 bridgehead atoms. The van der Waals surface area contributed by atoms with Gasteiger partial charge in [-0.05, 0) is 0 Å². The summed E-state index contributed by atoms with van der Waals surface area (Å²) in [5.41, 5.74) is 1.17. The van der Waals surface area contributed by atoms with Gasteiger partial charge < -0.3 is 17.0 Å². The van der Waals surface area contributed by atoms with Crippen LogP contribution in [0.4, 0.5) is 0 Å². The molecular formula is C7H6BrClMg. The largest absolute Gasteiger partial charge is 2.00 e. The Labute approximate surface area is 92.9 Å². The van der Waals surface area contributed by atoms with E-state index in [1.54, 1.807) is 0 Å². The number of halogens is 2. The van der Waals surface area contributed by atoms with Crippen molar-refractivity contribution in [1.82, 2.24) is 0 Å². The fourth-order valence-electron chi connectivity index (χ4n) is 0.542. The second kappa shape index (κ2) is 6.47. The third-order valence-corrected chi connectivity index (χ3v) is 1.14. The van der Waals surface area contributed by atoms with Gasteiger partial charge in [0.15, 0.2) is 0 Å². The average Bonchev–Trinajstić information content (AvgIpc) is 1.64. The van der Waals surface area contributed by atoms with Crippen molar-refractivity contribution < 1.29 is 17.0 Å². The van der Waals surface area contributed by atoms with Crippen molar-refractivity contribution in [2.24, 2.45) is 0 Å². The third-order valence-electron chi connectivity index (χ3n) is 0.922. The molecule has 0 aliphatic heterocycles. The average molecular weight is 230 g/mol. The minimum Gasteiger partial charge on any atom is -1.00 e. The van der Waals surface area contributed by atoms with Crippen molar-refractivity contribution in [3.63, 3.8) is 0 Å². The van der Waals surface area contributed by atoms with Crippen molar-refractivity contribution in [3.8, 4) is 0 Å². The molecule has 0 aliphatic rings. The van der Waals surface area contributed by atoms with E-state index >= 15 is 0 Å². The van der Waals surface area contributed by atoms with Gasteiger partial charge in [0.05, 0.1) is 0 Å². The maximum atomic E-state index is 5.59. The Morgan fingerprint density at radius 2 is 2.10 bits per heavy atom. The molecule has 1 rings (SSSR count). The molecule has 0 unspecified atom stereocenters. The normalized spacial score (nSPS) is 7.40. The molecular weight excluding hydrogens is 224 g/mol. The fraction of sp³-hybridized carbons (Fsp3) is 0.143. The van der Waals surface area contributed by atoms with Crippen molar-refractivity contribution >= 4 is 34.7 Å². The third kappa shape index (κ3) is 4.55. The minimum atomic E-state index is 0. The van der Waals surface area contributed by atoms with Crippen LogP contribution in [-0.2, 0) is 0 Å². The first-order valence-electron chi connectivity index (χ1n) is 2.43. The molecule has 0 atom stereocenters. The van der Waals surface area contributed by atoms with Crippen molar-refractivity contribution in [2.45, 2.75) is 6.92 Å². The zero-order valence-corrected chi connectivity index (χ0v) is 9.45. The van der Waals surface area contributed by atoms with Gasteiger partial charge in [0.2, 0.25) is 0 Å². The number of hydrogen-bond donors (Lipinski definition) is 0. The van der Waals surface area contributed by atoms with Gasteiger partial charge in [-0.1, -0.05) is 11.9 Å². The molecule has 0 heterocycles. The van der Waals surface area contributed by atoms with E-state index in [0.717, 1.165) is 0 Å². The Morgan fingerprint density at radius 1 is 1.50 bits per heavy atom. The molecule has 0 saturated heterocycles. The molecule has 0 aromatic heterocycles. The van der Waals surface area contributed by atoms with Gasteiger partial charge in [0.25, 0.3) is 0 Å². The molecule has 0 aliphatic carbocycles. The smallest absolute Gasteiger partial charge is 1.00 e. The second-order valence-corrected chi connectivity index (χ2v) is 2.12. The second-order valence-electron chi connectivity index (χ2n) is 1.71. The van der Waals surface area contributed by atoms with Crippen LogP contribution in [0.2, 0.25) is 5.02 Å². The first kappa shape index (κ1) is 13.4. The number of rotatable bonds is 0. The number of aryl methyl sites for hydroxylation is 1. The molecule has 1 aromatic rings. The summed E-state index contributed by atoms with van der Waals surface area (Å²) in [4.78, 5) is 0. The van der Waals surface area contributed by atoms with Gasteiger partial charge >= 0.3 is 23.1 Å². The maximum absolute atomic E-state index is 5.59. The predicted molar refractivity (Wildman–Crippen MR) is 40.8 cm³/mol. The maximum Gasteiger partial charge on any atom is 2.00 e. The summed E-state index contributed by atoms with van der Waals surface area (Å²) in [6.07, 6.45) is 0. The SMILES string of the molecule is Cc1cc[c-]c(Cl)c1.[Br-].[Mg+2]. The fourth-order valence-corrected chi connectivity index (χ4v) is 0.777. The van der Waals surface area contributed by atoms with Crippen LogP contribution in [0.15, 0.2) is 18.2 Å². The van der Waals surface area contributed by atoms with E-state index in [-0.39, 0.29) is 40.0 Å². The van der Waals surface area contributed by atoms with Gasteiger partial charge in [-0.3, -0.25) is 0 Å². The molecule has 10 heavy (non-hydrogen) atoms. The summed E-state index contributed by atoms with van der Waals surface area (Å²) in [5, 5.41) is 0.685. The first-order chi connectivity index (χ1) is 3.79. The van der Waals surface area contributed by atoms with Crippen molar-refractivity contribution in [3.05, 3.63) is 34.9 Å². The van der Waals surface area contributed by atoms with Crippen LogP contribution in [0.25, 0.3) is 0 Å². The molecule has 0 N–H and O–H groups in total. The molecule has 0 fully saturated rings. The van der Waals surface area contributed by atoms with Crippen LogP contribution in [-0.4, -0.2) is 23.1 Å². The summed E-state index contributed by atoms with van der Waals surface area (Å²) in [7, 11) is 0. The Morgan fingerprint density at radius 3 is 2.40 bits per heavy atom. The molecule has 3 heteroatoms. The summed E-state index contributed by atoms with van der Waals surface area (Å²) in [6.45, 7) is 2.00. The van der Waals surface area contributed by atoms with Gasteiger partial charge in [-0.2, -0.15) is 23.8 Å². The standard InChI is InChI=1S/C7H6Cl.BrH.Mg/c1-6-3-2-4-7(8)5-6;;/h2-3,5H,1H3;1H;/q-1;;+2/p-1. The molecule has 0 saturated carbocycles. The quantitative estimate of drug-likeness (QED) is 0.399. The number of benzene rings is 1. The van der Waals surface area contributed by atoms with Gasteiger partial charge in [-0.15, -0.1) is 17.7 Å². The van der Waals surface area contributed by atoms with E-state index in [9.17, 15) is 0 Å². The van der Waals surface area contributed by atoms with Crippen LogP contribution in [0.1, 0.15) is 5.56 Å². The molecule has 1 aromatic carbocycles. The molecule has 0 nitrogen and oxygen atoms in total. The Bertz CT molecular complexity index is 173. The van der Waals surface area contributed by atoms with E-state index in [1.807, 2.05) is 25.1 Å². The monoisotopic (exact) mass is 228 g/mol. The van der Waals surface area contributed by atoms with E-state index in [4.69, 9.17) is 11.6 Å². The predicted octanol–water partition coefficient (Wildman–Crippen LogP) is -0.928. The van der Waals surface area contributed by atoms with E-state index in [1.165, 1.54) is 5.56 Å². The summed E-state index contributed by atoms with van der Waals surface area (Å²) in [6, 6.07) is 8.50. The summed E-state index contributed by atoms with van der Waals surface area (Å²) >= 11 is 5.59. The van der Waals surface area contributed by atoms with Crippen molar-refractivity contribution in [2.75, 3.05) is 0 Å². The van der Waals surface area contributed by atoms with Crippen LogP contribution >= 0.6 is 11.6 Å². The topological polar surface area (TPSA) is 0 Å². The van der Waals surface area contributed by atoms with E-state index < -0.39 is 0 Å². The Hall–Kier alpha value is 0.756. The Balaban J connectivity index is 0. The summed E-state index contributed by atoms with van der Waals surface area (Å²) < 4.78 is 0. The molecule has 0 radical (unpaired) electrons. The summed E-state index contributed by atoms with van der Waals surface area (Å²) in [5.74, 6) is 0. The van der Waals surface area contributed by atoms with Crippen LogP contribution in [0, 0.1) is 13.0 Å². The zero-order chi connectivity index (χ0) is 5.98. The molecule has 0 spiro atoms. The van der Waals surface area contributed by atoms with Crippen LogP contribution in [0.5, 0.6) is 0 Å². The molecule has 0 amide bonds. The van der Waals surface area contributed by atoms with Gasteiger partial charge in [0.1, 0.15) is 0 Å². The van der Waals surface area contributed by atoms with Gasteiger partial charge in [-0.25, -0.2) is 0 Å².